The predicted molar refractivity (Wildman–Crippen MR) is 107 cm³/mol. The van der Waals surface area contributed by atoms with E-state index in [1.807, 2.05) is 48.5 Å². The highest BCUT2D eigenvalue weighted by Crippen LogP contribution is 2.25. The molecule has 0 aliphatic heterocycles. The number of nitrogens with one attached hydrogen (secondary N) is 2. The number of para-hydroxylation sites is 2. The van der Waals surface area contributed by atoms with E-state index < -0.39 is 0 Å². The molecule has 7 nitrogen and oxygen atoms in total. The SMILES string of the molecule is COc1ccc(CCNC(=O)c2cnc(Nc3ccccc3OC)nc2)cc1. The second-order valence-corrected chi connectivity index (χ2v) is 5.97. The van der Waals surface area contributed by atoms with E-state index in [0.29, 0.717) is 23.8 Å². The summed E-state index contributed by atoms with van der Waals surface area (Å²) >= 11 is 0. The number of anilines is 2. The Kier molecular flexibility index (Phi) is 6.41. The first-order valence-electron chi connectivity index (χ1n) is 8.83. The molecule has 3 rings (SSSR count). The summed E-state index contributed by atoms with van der Waals surface area (Å²) in [6.45, 7) is 0.520. The average Bonchev–Trinajstić information content (AvgIpc) is 2.75. The van der Waals surface area contributed by atoms with Crippen LogP contribution in [0.4, 0.5) is 11.6 Å². The van der Waals surface area contributed by atoms with E-state index >= 15 is 0 Å². The van der Waals surface area contributed by atoms with Gasteiger partial charge in [-0.15, -0.1) is 0 Å². The number of methoxy groups -OCH3 is 2. The van der Waals surface area contributed by atoms with Gasteiger partial charge in [-0.3, -0.25) is 4.79 Å². The lowest BCUT2D eigenvalue weighted by molar-refractivity contribution is 0.0953. The lowest BCUT2D eigenvalue weighted by atomic mass is 10.1. The first-order chi connectivity index (χ1) is 13.7. The molecule has 2 N–H and O–H groups in total. The highest BCUT2D eigenvalue weighted by Gasteiger charge is 2.08. The normalized spacial score (nSPS) is 10.2. The third-order valence-corrected chi connectivity index (χ3v) is 4.13. The monoisotopic (exact) mass is 378 g/mol. The third-order valence-electron chi connectivity index (χ3n) is 4.13. The van der Waals surface area contributed by atoms with Gasteiger partial charge >= 0.3 is 0 Å². The number of carbonyl (C=O) groups is 1. The van der Waals surface area contributed by atoms with Crippen LogP contribution in [0, 0.1) is 0 Å². The molecule has 0 atom stereocenters. The smallest absolute Gasteiger partial charge is 0.254 e. The maximum atomic E-state index is 12.3. The van der Waals surface area contributed by atoms with Crippen molar-refractivity contribution in [3.63, 3.8) is 0 Å². The highest BCUT2D eigenvalue weighted by molar-refractivity contribution is 5.93. The molecule has 0 fully saturated rings. The summed E-state index contributed by atoms with van der Waals surface area (Å²) in [6.07, 6.45) is 3.71. The second-order valence-electron chi connectivity index (χ2n) is 5.97. The number of hydrogen-bond donors (Lipinski definition) is 2. The number of nitrogens with zero attached hydrogens (tertiary/aromatic N) is 2. The summed E-state index contributed by atoms with van der Waals surface area (Å²) in [6, 6.07) is 15.2. The fraction of sp³-hybridized carbons (Fsp3) is 0.190. The molecule has 0 unspecified atom stereocenters. The van der Waals surface area contributed by atoms with Gasteiger partial charge in [0.2, 0.25) is 5.95 Å². The average molecular weight is 378 g/mol. The Bertz CT molecular complexity index is 912. The van der Waals surface area contributed by atoms with E-state index in [-0.39, 0.29) is 5.91 Å². The maximum Gasteiger partial charge on any atom is 0.254 e. The molecule has 1 aromatic heterocycles. The van der Waals surface area contributed by atoms with Crippen molar-refractivity contribution in [1.29, 1.82) is 0 Å². The minimum Gasteiger partial charge on any atom is -0.497 e. The van der Waals surface area contributed by atoms with E-state index in [9.17, 15) is 4.79 Å². The maximum absolute atomic E-state index is 12.3. The molecule has 0 saturated carbocycles. The van der Waals surface area contributed by atoms with Gasteiger partial charge in [0.1, 0.15) is 11.5 Å². The largest absolute Gasteiger partial charge is 0.497 e. The number of benzene rings is 2. The van der Waals surface area contributed by atoms with E-state index in [4.69, 9.17) is 9.47 Å². The quantitative estimate of drug-likeness (QED) is 0.626. The number of ether oxygens (including phenoxy) is 2. The van der Waals surface area contributed by atoms with Gasteiger partial charge in [0.25, 0.3) is 5.91 Å². The fourth-order valence-electron chi connectivity index (χ4n) is 2.59. The molecule has 7 heteroatoms. The van der Waals surface area contributed by atoms with Gasteiger partial charge < -0.3 is 20.1 Å². The van der Waals surface area contributed by atoms with Gasteiger partial charge in [0.15, 0.2) is 0 Å². The summed E-state index contributed by atoms with van der Waals surface area (Å²) in [5.74, 6) is 1.68. The Labute approximate surface area is 163 Å². The van der Waals surface area contributed by atoms with Crippen LogP contribution in [0.25, 0.3) is 0 Å². The summed E-state index contributed by atoms with van der Waals surface area (Å²) in [7, 11) is 3.23. The van der Waals surface area contributed by atoms with Crippen molar-refractivity contribution in [3.05, 3.63) is 72.1 Å². The van der Waals surface area contributed by atoms with Gasteiger partial charge in [0.05, 0.1) is 25.5 Å². The summed E-state index contributed by atoms with van der Waals surface area (Å²) in [4.78, 5) is 20.7. The molecule has 0 aliphatic rings. The summed E-state index contributed by atoms with van der Waals surface area (Å²) < 4.78 is 10.4. The molecule has 0 radical (unpaired) electrons. The highest BCUT2D eigenvalue weighted by atomic mass is 16.5. The summed E-state index contributed by atoms with van der Waals surface area (Å²) in [5, 5.41) is 5.95. The van der Waals surface area contributed by atoms with Gasteiger partial charge in [-0.2, -0.15) is 0 Å². The molecule has 1 amide bonds. The Hall–Kier alpha value is -3.61. The molecular formula is C21H22N4O3. The number of rotatable bonds is 8. The van der Waals surface area contributed by atoms with Crippen LogP contribution in [0.2, 0.25) is 0 Å². The zero-order valence-corrected chi connectivity index (χ0v) is 15.8. The van der Waals surface area contributed by atoms with Crippen LogP contribution < -0.4 is 20.1 Å². The van der Waals surface area contributed by atoms with Crippen LogP contribution in [0.1, 0.15) is 15.9 Å². The van der Waals surface area contributed by atoms with E-state index in [1.165, 1.54) is 12.4 Å². The third kappa shape index (κ3) is 4.97. The fourth-order valence-corrected chi connectivity index (χ4v) is 2.59. The Balaban J connectivity index is 1.53. The van der Waals surface area contributed by atoms with Crippen molar-refractivity contribution in [3.8, 4) is 11.5 Å². The lowest BCUT2D eigenvalue weighted by Gasteiger charge is -2.10. The van der Waals surface area contributed by atoms with Crippen LogP contribution in [0.15, 0.2) is 60.9 Å². The molecule has 144 valence electrons. The van der Waals surface area contributed by atoms with Crippen molar-refractivity contribution in [2.24, 2.45) is 0 Å². The molecule has 1 heterocycles. The Morgan fingerprint density at radius 3 is 2.36 bits per heavy atom. The lowest BCUT2D eigenvalue weighted by Crippen LogP contribution is -2.26. The van der Waals surface area contributed by atoms with Gasteiger partial charge in [-0.05, 0) is 36.2 Å². The number of carbonyl (C=O) groups excluding carboxylic acids is 1. The van der Waals surface area contributed by atoms with Gasteiger partial charge in [0, 0.05) is 18.9 Å². The number of hydrogen-bond acceptors (Lipinski definition) is 6. The zero-order valence-electron chi connectivity index (χ0n) is 15.8. The van der Waals surface area contributed by atoms with Crippen LogP contribution in [0.5, 0.6) is 11.5 Å². The molecule has 0 spiro atoms. The van der Waals surface area contributed by atoms with Crippen molar-refractivity contribution in [2.45, 2.75) is 6.42 Å². The number of aromatic nitrogens is 2. The van der Waals surface area contributed by atoms with E-state index in [0.717, 1.165) is 23.4 Å². The molecule has 0 aliphatic carbocycles. The minimum atomic E-state index is -0.211. The van der Waals surface area contributed by atoms with Gasteiger partial charge in [-0.1, -0.05) is 24.3 Å². The van der Waals surface area contributed by atoms with Crippen molar-refractivity contribution in [2.75, 3.05) is 26.1 Å². The van der Waals surface area contributed by atoms with Crippen LogP contribution in [-0.2, 0) is 6.42 Å². The van der Waals surface area contributed by atoms with Crippen LogP contribution in [0.3, 0.4) is 0 Å². The van der Waals surface area contributed by atoms with E-state index in [1.54, 1.807) is 14.2 Å². The molecule has 28 heavy (non-hydrogen) atoms. The van der Waals surface area contributed by atoms with Crippen molar-refractivity contribution >= 4 is 17.5 Å². The first-order valence-corrected chi connectivity index (χ1v) is 8.83. The first kappa shape index (κ1) is 19.2. The van der Waals surface area contributed by atoms with Crippen molar-refractivity contribution < 1.29 is 14.3 Å². The van der Waals surface area contributed by atoms with E-state index in [2.05, 4.69) is 20.6 Å². The Morgan fingerprint density at radius 2 is 1.68 bits per heavy atom. The summed E-state index contributed by atoms with van der Waals surface area (Å²) in [5.41, 5.74) is 2.27. The molecule has 3 aromatic rings. The topological polar surface area (TPSA) is 85.4 Å². The molecule has 2 aromatic carbocycles. The standard InChI is InChI=1S/C21H22N4O3/c1-27-17-9-7-15(8-10-17)11-12-22-20(26)16-13-23-21(24-14-16)25-18-5-3-4-6-19(18)28-2/h3-10,13-14H,11-12H2,1-2H3,(H,22,26)(H,23,24,25). The second kappa shape index (κ2) is 9.36. The minimum absolute atomic E-state index is 0.211. The Morgan fingerprint density at radius 1 is 0.964 bits per heavy atom. The molecule has 0 bridgehead atoms. The predicted octanol–water partition coefficient (Wildman–Crippen LogP) is 3.21. The molecular weight excluding hydrogens is 356 g/mol. The van der Waals surface area contributed by atoms with Gasteiger partial charge in [-0.25, -0.2) is 9.97 Å². The van der Waals surface area contributed by atoms with Crippen LogP contribution >= 0.6 is 0 Å². The van der Waals surface area contributed by atoms with Crippen molar-refractivity contribution in [1.82, 2.24) is 15.3 Å². The number of amides is 1. The zero-order chi connectivity index (χ0) is 19.8. The van der Waals surface area contributed by atoms with Crippen LogP contribution in [-0.4, -0.2) is 36.6 Å². The molecule has 0 saturated heterocycles.